The Bertz CT molecular complexity index is 681. The van der Waals surface area contributed by atoms with Crippen molar-refractivity contribution >= 4 is 23.0 Å². The normalized spacial score (nSPS) is 14.4. The minimum absolute atomic E-state index is 0.431. The Morgan fingerprint density at radius 3 is 2.67 bits per heavy atom. The predicted molar refractivity (Wildman–Crippen MR) is 85.8 cm³/mol. The molecule has 0 fully saturated rings. The van der Waals surface area contributed by atoms with E-state index in [1.165, 1.54) is 11.3 Å². The summed E-state index contributed by atoms with van der Waals surface area (Å²) in [6, 6.07) is 13.6. The third-order valence-electron chi connectivity index (χ3n) is 3.97. The number of para-hydroxylation sites is 1. The quantitative estimate of drug-likeness (QED) is 0.831. The van der Waals surface area contributed by atoms with E-state index >= 15 is 0 Å². The van der Waals surface area contributed by atoms with E-state index in [-0.39, 0.29) is 0 Å². The van der Waals surface area contributed by atoms with Gasteiger partial charge in [0.05, 0.1) is 11.4 Å². The van der Waals surface area contributed by atoms with Crippen molar-refractivity contribution in [2.45, 2.75) is 19.3 Å². The highest BCUT2D eigenvalue weighted by Crippen LogP contribution is 2.36. The molecule has 0 aromatic heterocycles. The highest BCUT2D eigenvalue weighted by molar-refractivity contribution is 5.95. The van der Waals surface area contributed by atoms with Gasteiger partial charge in [0.1, 0.15) is 0 Å². The van der Waals surface area contributed by atoms with Crippen LogP contribution in [0.15, 0.2) is 42.5 Å². The van der Waals surface area contributed by atoms with Crippen molar-refractivity contribution in [3.63, 3.8) is 0 Å². The molecule has 0 saturated carbocycles. The smallest absolute Gasteiger partial charge is 0.248 e. The molecule has 0 bridgehead atoms. The molecular formula is C17H19N3O. The molecule has 0 spiro atoms. The predicted octanol–water partition coefficient (Wildman–Crippen LogP) is 2.84. The van der Waals surface area contributed by atoms with Crippen LogP contribution in [0.25, 0.3) is 0 Å². The van der Waals surface area contributed by atoms with Gasteiger partial charge in [0.25, 0.3) is 0 Å². The summed E-state index contributed by atoms with van der Waals surface area (Å²) in [5, 5.41) is 0. The topological polar surface area (TPSA) is 72.3 Å². The van der Waals surface area contributed by atoms with Crippen LogP contribution >= 0.6 is 0 Å². The van der Waals surface area contributed by atoms with E-state index < -0.39 is 5.91 Å². The summed E-state index contributed by atoms with van der Waals surface area (Å²) in [5.41, 5.74) is 16.0. The van der Waals surface area contributed by atoms with Gasteiger partial charge in [0.2, 0.25) is 5.91 Å². The minimum Gasteiger partial charge on any atom is -0.397 e. The zero-order valence-electron chi connectivity index (χ0n) is 11.9. The van der Waals surface area contributed by atoms with Crippen molar-refractivity contribution in [1.29, 1.82) is 0 Å². The minimum atomic E-state index is -0.431. The zero-order valence-corrected chi connectivity index (χ0v) is 11.9. The molecule has 4 heteroatoms. The van der Waals surface area contributed by atoms with Crippen molar-refractivity contribution in [3.8, 4) is 0 Å². The van der Waals surface area contributed by atoms with Gasteiger partial charge in [0, 0.05) is 17.8 Å². The second kappa shape index (κ2) is 5.48. The second-order valence-electron chi connectivity index (χ2n) is 5.38. The molecule has 3 rings (SSSR count). The monoisotopic (exact) mass is 281 g/mol. The van der Waals surface area contributed by atoms with E-state index in [4.69, 9.17) is 11.5 Å². The summed E-state index contributed by atoms with van der Waals surface area (Å²) in [5.74, 6) is -0.431. The number of hydrogen-bond donors (Lipinski definition) is 2. The van der Waals surface area contributed by atoms with Crippen LogP contribution in [0.3, 0.4) is 0 Å². The fraction of sp³-hybridized carbons (Fsp3) is 0.235. The summed E-state index contributed by atoms with van der Waals surface area (Å²) >= 11 is 0. The average molecular weight is 281 g/mol. The van der Waals surface area contributed by atoms with Crippen molar-refractivity contribution < 1.29 is 4.79 Å². The molecule has 0 unspecified atom stereocenters. The number of carbonyl (C=O) groups excluding carboxylic acids is 1. The Kier molecular flexibility index (Phi) is 3.52. The molecule has 21 heavy (non-hydrogen) atoms. The number of nitrogens with zero attached hydrogens (tertiary/aromatic N) is 1. The molecule has 0 saturated heterocycles. The Balaban J connectivity index is 2.11. The molecule has 4 nitrogen and oxygen atoms in total. The molecule has 1 aliphatic heterocycles. The largest absolute Gasteiger partial charge is 0.397 e. The van der Waals surface area contributed by atoms with Gasteiger partial charge in [-0.15, -0.1) is 0 Å². The maximum Gasteiger partial charge on any atom is 0.248 e. The van der Waals surface area contributed by atoms with E-state index in [1.807, 2.05) is 6.07 Å². The van der Waals surface area contributed by atoms with Crippen LogP contribution in [0.2, 0.25) is 0 Å². The molecule has 0 atom stereocenters. The van der Waals surface area contributed by atoms with Gasteiger partial charge >= 0.3 is 0 Å². The Morgan fingerprint density at radius 1 is 1.05 bits per heavy atom. The third kappa shape index (κ3) is 2.57. The number of rotatable bonds is 2. The lowest BCUT2D eigenvalue weighted by atomic mass is 10.1. The van der Waals surface area contributed by atoms with E-state index in [0.717, 1.165) is 31.5 Å². The number of carbonyl (C=O) groups is 1. The molecule has 0 radical (unpaired) electrons. The van der Waals surface area contributed by atoms with Gasteiger partial charge in [-0.25, -0.2) is 0 Å². The van der Waals surface area contributed by atoms with Crippen LogP contribution in [0.5, 0.6) is 0 Å². The van der Waals surface area contributed by atoms with Crippen molar-refractivity contribution in [1.82, 2.24) is 0 Å². The molecule has 0 aliphatic carbocycles. The van der Waals surface area contributed by atoms with E-state index in [2.05, 4.69) is 23.1 Å². The number of amides is 1. The summed E-state index contributed by atoms with van der Waals surface area (Å²) in [6.07, 6.45) is 3.32. The van der Waals surface area contributed by atoms with Gasteiger partial charge in [-0.1, -0.05) is 18.2 Å². The number of aryl methyl sites for hydroxylation is 1. The Morgan fingerprint density at radius 2 is 1.86 bits per heavy atom. The maximum atomic E-state index is 11.4. The van der Waals surface area contributed by atoms with Crippen molar-refractivity contribution in [2.24, 2.45) is 5.73 Å². The fourth-order valence-corrected chi connectivity index (χ4v) is 2.87. The van der Waals surface area contributed by atoms with Crippen LogP contribution in [0.4, 0.5) is 17.1 Å². The van der Waals surface area contributed by atoms with E-state index in [0.29, 0.717) is 11.3 Å². The summed E-state index contributed by atoms with van der Waals surface area (Å²) < 4.78 is 0. The van der Waals surface area contributed by atoms with Crippen molar-refractivity contribution in [3.05, 3.63) is 53.6 Å². The Hall–Kier alpha value is -2.49. The third-order valence-corrected chi connectivity index (χ3v) is 3.97. The first-order valence-electron chi connectivity index (χ1n) is 7.21. The molecule has 2 aromatic carbocycles. The van der Waals surface area contributed by atoms with Crippen LogP contribution in [-0.4, -0.2) is 12.5 Å². The number of hydrogen-bond acceptors (Lipinski definition) is 3. The molecule has 4 N–H and O–H groups in total. The second-order valence-corrected chi connectivity index (χ2v) is 5.38. The van der Waals surface area contributed by atoms with Gasteiger partial charge in [-0.3, -0.25) is 4.79 Å². The maximum absolute atomic E-state index is 11.4. The highest BCUT2D eigenvalue weighted by Gasteiger charge is 2.19. The summed E-state index contributed by atoms with van der Waals surface area (Å²) in [7, 11) is 0. The van der Waals surface area contributed by atoms with Crippen LogP contribution in [0.1, 0.15) is 28.8 Å². The molecule has 2 aromatic rings. The zero-order chi connectivity index (χ0) is 14.8. The van der Waals surface area contributed by atoms with Gasteiger partial charge < -0.3 is 16.4 Å². The summed E-state index contributed by atoms with van der Waals surface area (Å²) in [4.78, 5) is 13.6. The molecular weight excluding hydrogens is 262 g/mol. The number of nitrogens with two attached hydrogens (primary N) is 2. The fourth-order valence-electron chi connectivity index (χ4n) is 2.87. The summed E-state index contributed by atoms with van der Waals surface area (Å²) in [6.45, 7) is 0.892. The van der Waals surface area contributed by atoms with Gasteiger partial charge in [0.15, 0.2) is 0 Å². The lowest BCUT2D eigenvalue weighted by Crippen LogP contribution is -2.20. The average Bonchev–Trinajstić information content (AvgIpc) is 2.70. The number of anilines is 3. The Labute approximate surface area is 124 Å². The molecule has 1 aliphatic rings. The lowest BCUT2D eigenvalue weighted by Gasteiger charge is -2.26. The van der Waals surface area contributed by atoms with Crippen molar-refractivity contribution in [2.75, 3.05) is 17.2 Å². The first kappa shape index (κ1) is 13.5. The molecule has 108 valence electrons. The van der Waals surface area contributed by atoms with E-state index in [1.54, 1.807) is 18.2 Å². The van der Waals surface area contributed by atoms with E-state index in [9.17, 15) is 4.79 Å². The molecule has 1 amide bonds. The van der Waals surface area contributed by atoms with Gasteiger partial charge in [-0.05, 0) is 49.1 Å². The number of benzene rings is 2. The molecule has 1 heterocycles. The SMILES string of the molecule is NC(=O)c1ccc(N)c(N2CCCCc3ccccc32)c1. The first-order valence-corrected chi connectivity index (χ1v) is 7.21. The number of nitrogen functional groups attached to an aromatic ring is 1. The van der Waals surface area contributed by atoms with Crippen LogP contribution in [0, 0.1) is 0 Å². The van der Waals surface area contributed by atoms with Crippen LogP contribution < -0.4 is 16.4 Å². The first-order chi connectivity index (χ1) is 10.2. The van der Waals surface area contributed by atoms with Gasteiger partial charge in [-0.2, -0.15) is 0 Å². The number of primary amides is 1. The van der Waals surface area contributed by atoms with Crippen LogP contribution in [-0.2, 0) is 6.42 Å². The highest BCUT2D eigenvalue weighted by atomic mass is 16.1. The lowest BCUT2D eigenvalue weighted by molar-refractivity contribution is 0.100. The standard InChI is InChI=1S/C17H19N3O/c18-14-9-8-13(17(19)21)11-16(14)20-10-4-3-6-12-5-1-2-7-15(12)20/h1-2,5,7-9,11H,3-4,6,10,18H2,(H2,19,21). The number of fused-ring (bicyclic) bond motifs is 1.